The topological polar surface area (TPSA) is 49.4 Å². The van der Waals surface area contributed by atoms with Gasteiger partial charge in [0.1, 0.15) is 0 Å². The normalized spacial score (nSPS) is 12.5. The van der Waals surface area contributed by atoms with Gasteiger partial charge in [0, 0.05) is 24.5 Å². The molecule has 0 amide bonds. The lowest BCUT2D eigenvalue weighted by Gasteiger charge is -2.25. The van der Waals surface area contributed by atoms with Crippen molar-refractivity contribution >= 4 is 21.4 Å². The number of hydrogen-bond acceptors (Lipinski definition) is 4. The van der Waals surface area contributed by atoms with Crippen molar-refractivity contribution in [1.82, 2.24) is 9.62 Å². The first-order valence-electron chi connectivity index (χ1n) is 7.24. The first-order valence-corrected chi connectivity index (χ1v) is 9.56. The summed E-state index contributed by atoms with van der Waals surface area (Å²) in [6, 6.07) is 1.79. The summed E-state index contributed by atoms with van der Waals surface area (Å²) in [7, 11) is -1.69. The molecule has 0 radical (unpaired) electrons. The van der Waals surface area contributed by atoms with Gasteiger partial charge in [-0.15, -0.1) is 11.3 Å². The number of sulfonamides is 1. The first-order chi connectivity index (χ1) is 9.48. The summed E-state index contributed by atoms with van der Waals surface area (Å²) in [4.78, 5) is 1.36. The van der Waals surface area contributed by atoms with E-state index in [4.69, 9.17) is 0 Å². The molecule has 0 spiro atoms. The first kappa shape index (κ1) is 17.6. The van der Waals surface area contributed by atoms with Gasteiger partial charge in [0.25, 0.3) is 0 Å². The van der Waals surface area contributed by atoms with Gasteiger partial charge in [-0.2, -0.15) is 4.31 Å². The molecule has 0 aliphatic rings. The van der Waals surface area contributed by atoms with E-state index in [2.05, 4.69) is 12.2 Å². The van der Waals surface area contributed by atoms with Crippen LogP contribution in [0.4, 0.5) is 0 Å². The van der Waals surface area contributed by atoms with Crippen molar-refractivity contribution in [2.75, 3.05) is 13.6 Å². The molecule has 0 bridgehead atoms. The van der Waals surface area contributed by atoms with Crippen molar-refractivity contribution in [2.45, 2.75) is 57.5 Å². The minimum atomic E-state index is -3.38. The van der Waals surface area contributed by atoms with E-state index < -0.39 is 10.0 Å². The molecular formula is C14H26N2O2S2. The van der Waals surface area contributed by atoms with E-state index >= 15 is 0 Å². The molecule has 6 heteroatoms. The highest BCUT2D eigenvalue weighted by Gasteiger charge is 2.28. The van der Waals surface area contributed by atoms with Crippen LogP contribution in [0.5, 0.6) is 0 Å². The van der Waals surface area contributed by atoms with E-state index in [1.165, 1.54) is 15.6 Å². The highest BCUT2D eigenvalue weighted by molar-refractivity contribution is 7.89. The third-order valence-corrected chi connectivity index (χ3v) is 6.58. The second-order valence-corrected chi connectivity index (χ2v) is 7.84. The van der Waals surface area contributed by atoms with E-state index in [0.717, 1.165) is 30.7 Å². The number of rotatable bonds is 9. The average molecular weight is 319 g/mol. The Bertz CT molecular complexity index is 493. The molecule has 1 heterocycles. The summed E-state index contributed by atoms with van der Waals surface area (Å²) in [5.41, 5.74) is 0. The second kappa shape index (κ2) is 8.12. The summed E-state index contributed by atoms with van der Waals surface area (Å²) in [6.07, 6.45) is 2.71. The van der Waals surface area contributed by atoms with E-state index in [1.54, 1.807) is 13.1 Å². The Kier molecular flexibility index (Phi) is 7.15. The van der Waals surface area contributed by atoms with E-state index in [-0.39, 0.29) is 6.04 Å². The van der Waals surface area contributed by atoms with Crippen molar-refractivity contribution in [2.24, 2.45) is 0 Å². The third kappa shape index (κ3) is 4.04. The Morgan fingerprint density at radius 3 is 2.50 bits per heavy atom. The lowest BCUT2D eigenvalue weighted by molar-refractivity contribution is 0.349. The SMILES string of the molecule is CCCNCc1sccc1S(=O)(=O)N(C)C(CC)CC. The Hall–Kier alpha value is -0.430. The van der Waals surface area contributed by atoms with Gasteiger partial charge < -0.3 is 5.32 Å². The maximum absolute atomic E-state index is 12.7. The highest BCUT2D eigenvalue weighted by atomic mass is 32.2. The van der Waals surface area contributed by atoms with Crippen molar-refractivity contribution in [3.05, 3.63) is 16.3 Å². The predicted molar refractivity (Wildman–Crippen MR) is 85.6 cm³/mol. The molecule has 1 rings (SSSR count). The molecule has 1 aromatic rings. The molecule has 1 aromatic heterocycles. The number of hydrogen-bond donors (Lipinski definition) is 1. The monoisotopic (exact) mass is 318 g/mol. The molecule has 0 fully saturated rings. The van der Waals surface area contributed by atoms with Gasteiger partial charge in [-0.05, 0) is 37.3 Å². The fourth-order valence-electron chi connectivity index (χ4n) is 2.22. The van der Waals surface area contributed by atoms with Gasteiger partial charge in [0.2, 0.25) is 10.0 Å². The Morgan fingerprint density at radius 1 is 1.30 bits per heavy atom. The molecule has 0 saturated heterocycles. The zero-order valence-electron chi connectivity index (χ0n) is 12.8. The summed E-state index contributed by atoms with van der Waals surface area (Å²) in [5, 5.41) is 5.13. The van der Waals surface area contributed by atoms with Crippen LogP contribution < -0.4 is 5.32 Å². The molecule has 20 heavy (non-hydrogen) atoms. The van der Waals surface area contributed by atoms with Crippen LogP contribution in [0.15, 0.2) is 16.3 Å². The van der Waals surface area contributed by atoms with Crippen LogP contribution >= 0.6 is 11.3 Å². The fraction of sp³-hybridized carbons (Fsp3) is 0.714. The molecule has 0 aliphatic heterocycles. The van der Waals surface area contributed by atoms with E-state index in [9.17, 15) is 8.42 Å². The molecule has 0 saturated carbocycles. The smallest absolute Gasteiger partial charge is 0.244 e. The number of nitrogens with one attached hydrogen (secondary N) is 1. The second-order valence-electron chi connectivity index (χ2n) is 4.88. The average Bonchev–Trinajstić information content (AvgIpc) is 2.89. The van der Waals surface area contributed by atoms with Gasteiger partial charge in [-0.3, -0.25) is 0 Å². The van der Waals surface area contributed by atoms with Crippen molar-refractivity contribution in [1.29, 1.82) is 0 Å². The van der Waals surface area contributed by atoms with Gasteiger partial charge in [-0.25, -0.2) is 8.42 Å². The molecule has 0 aliphatic carbocycles. The summed E-state index contributed by atoms with van der Waals surface area (Å²) in [6.45, 7) is 7.67. The van der Waals surface area contributed by atoms with Gasteiger partial charge in [0.15, 0.2) is 0 Å². The zero-order chi connectivity index (χ0) is 15.2. The van der Waals surface area contributed by atoms with Gasteiger partial charge in [0.05, 0.1) is 4.90 Å². The lowest BCUT2D eigenvalue weighted by atomic mass is 10.2. The van der Waals surface area contributed by atoms with Crippen molar-refractivity contribution < 1.29 is 8.42 Å². The maximum Gasteiger partial charge on any atom is 0.244 e. The number of thiophene rings is 1. The Labute approximate surface area is 127 Å². The predicted octanol–water partition coefficient (Wildman–Crippen LogP) is 3.06. The molecular weight excluding hydrogens is 292 g/mol. The molecule has 116 valence electrons. The maximum atomic E-state index is 12.7. The van der Waals surface area contributed by atoms with Crippen LogP contribution in [0.3, 0.4) is 0 Å². The molecule has 0 atom stereocenters. The lowest BCUT2D eigenvalue weighted by Crippen LogP contribution is -2.36. The highest BCUT2D eigenvalue weighted by Crippen LogP contribution is 2.26. The van der Waals surface area contributed by atoms with Crippen LogP contribution in [-0.2, 0) is 16.6 Å². The van der Waals surface area contributed by atoms with Crippen LogP contribution in [0.2, 0.25) is 0 Å². The minimum Gasteiger partial charge on any atom is -0.312 e. The largest absolute Gasteiger partial charge is 0.312 e. The van der Waals surface area contributed by atoms with Gasteiger partial charge >= 0.3 is 0 Å². The molecule has 4 nitrogen and oxygen atoms in total. The van der Waals surface area contributed by atoms with Crippen molar-refractivity contribution in [3.8, 4) is 0 Å². The molecule has 1 N–H and O–H groups in total. The Morgan fingerprint density at radius 2 is 1.95 bits per heavy atom. The quantitative estimate of drug-likeness (QED) is 0.712. The standard InChI is InChI=1S/C14H26N2O2S2/c1-5-9-15-11-13-14(8-10-19-13)20(17,18)16(4)12(6-2)7-3/h8,10,12,15H,5-7,9,11H2,1-4H3. The summed E-state index contributed by atoms with van der Waals surface area (Å²) in [5.74, 6) is 0. The van der Waals surface area contributed by atoms with Crippen LogP contribution in [0.25, 0.3) is 0 Å². The van der Waals surface area contributed by atoms with Crippen LogP contribution in [-0.4, -0.2) is 32.4 Å². The van der Waals surface area contributed by atoms with Crippen LogP contribution in [0, 0.1) is 0 Å². The fourth-order valence-corrected chi connectivity index (χ4v) is 5.11. The van der Waals surface area contributed by atoms with E-state index in [0.29, 0.717) is 11.4 Å². The zero-order valence-corrected chi connectivity index (χ0v) is 14.5. The Balaban J connectivity index is 2.95. The van der Waals surface area contributed by atoms with E-state index in [1.807, 2.05) is 19.2 Å². The minimum absolute atomic E-state index is 0.0661. The number of nitrogens with zero attached hydrogens (tertiary/aromatic N) is 1. The molecule has 0 unspecified atom stereocenters. The van der Waals surface area contributed by atoms with Gasteiger partial charge in [-0.1, -0.05) is 20.8 Å². The summed E-state index contributed by atoms with van der Waals surface area (Å²) >= 11 is 1.50. The summed E-state index contributed by atoms with van der Waals surface area (Å²) < 4.78 is 26.9. The van der Waals surface area contributed by atoms with Crippen LogP contribution in [0.1, 0.15) is 44.9 Å². The third-order valence-electron chi connectivity index (χ3n) is 3.53. The molecule has 0 aromatic carbocycles. The van der Waals surface area contributed by atoms with Crippen molar-refractivity contribution in [3.63, 3.8) is 0 Å².